The molecule has 1 atom stereocenters. The normalized spacial score (nSPS) is 17.1. The van der Waals surface area contributed by atoms with E-state index in [0.717, 1.165) is 41.5 Å². The van der Waals surface area contributed by atoms with Crippen LogP contribution in [-0.4, -0.2) is 0 Å². The van der Waals surface area contributed by atoms with Crippen molar-refractivity contribution in [2.24, 2.45) is 0 Å². The fourth-order valence-corrected chi connectivity index (χ4v) is 7.59. The van der Waals surface area contributed by atoms with Crippen molar-refractivity contribution >= 4 is 65.4 Å². The highest BCUT2D eigenvalue weighted by Crippen LogP contribution is 2.65. The number of hydrogen-bond donors (Lipinski definition) is 0. The van der Waals surface area contributed by atoms with Gasteiger partial charge in [-0.2, -0.15) is 0 Å². The molecule has 1 aromatic heterocycles. The molecule has 6 aromatic rings. The number of fused-ring (bicyclic) bond motifs is 14. The Kier molecular flexibility index (Phi) is 4.00. The second-order valence-electron chi connectivity index (χ2n) is 9.26. The third-order valence-electron chi connectivity index (χ3n) is 7.67. The first-order chi connectivity index (χ1) is 17.1. The van der Waals surface area contributed by atoms with Gasteiger partial charge in [-0.3, -0.25) is 0 Å². The molecule has 1 heterocycles. The lowest BCUT2D eigenvalue weighted by molar-refractivity contribution is 0.669. The van der Waals surface area contributed by atoms with Crippen LogP contribution in [0.5, 0.6) is 0 Å². The average molecular weight is 599 g/mol. The van der Waals surface area contributed by atoms with E-state index in [0.29, 0.717) is 0 Å². The van der Waals surface area contributed by atoms with Gasteiger partial charge in [-0.25, -0.2) is 0 Å². The molecule has 8 rings (SSSR count). The van der Waals surface area contributed by atoms with Crippen molar-refractivity contribution in [2.75, 3.05) is 0 Å². The third kappa shape index (κ3) is 2.39. The minimum absolute atomic E-state index is 0.485. The molecule has 1 unspecified atom stereocenters. The van der Waals surface area contributed by atoms with Gasteiger partial charge < -0.3 is 4.42 Å². The summed E-state index contributed by atoms with van der Waals surface area (Å²) in [6.07, 6.45) is 0. The van der Waals surface area contributed by atoms with E-state index in [4.69, 9.17) is 16.0 Å². The fraction of sp³-hybridized carbons (Fsp3) is 0.0323. The zero-order chi connectivity index (χ0) is 23.5. The van der Waals surface area contributed by atoms with Gasteiger partial charge in [0, 0.05) is 30.3 Å². The molecular weight excluding hydrogens is 584 g/mol. The van der Waals surface area contributed by atoms with Crippen LogP contribution < -0.4 is 0 Å². The number of furan rings is 1. The summed E-state index contributed by atoms with van der Waals surface area (Å²) in [5.74, 6) is 0. The minimum atomic E-state index is -0.485. The largest absolute Gasteiger partial charge is 0.455 e. The first-order valence-corrected chi connectivity index (χ1v) is 13.4. The summed E-state index contributed by atoms with van der Waals surface area (Å²) in [5, 5.41) is 2.97. The number of rotatable bonds is 0. The maximum Gasteiger partial charge on any atom is 0.144 e. The van der Waals surface area contributed by atoms with Crippen LogP contribution in [0.15, 0.2) is 104 Å². The van der Waals surface area contributed by atoms with Crippen LogP contribution in [0, 0.1) is 0 Å². The van der Waals surface area contributed by atoms with Crippen molar-refractivity contribution in [1.82, 2.24) is 0 Å². The summed E-state index contributed by atoms with van der Waals surface area (Å²) < 4.78 is 8.69. The van der Waals surface area contributed by atoms with Gasteiger partial charge in [0.25, 0.3) is 0 Å². The lowest BCUT2D eigenvalue weighted by Crippen LogP contribution is -2.26. The first-order valence-electron chi connectivity index (χ1n) is 11.4. The standard InChI is InChI=1S/C31H15Br2ClO/c32-16-9-11-20-23(13-16)31(22-7-3-1-5-18(22)19-12-10-17(34)14-24(19)31)25-15-26(33)29-21-6-2-4-8-27(21)35-30(29)28(20)25/h1-15H. The monoisotopic (exact) mass is 596 g/mol. The van der Waals surface area contributed by atoms with Crippen molar-refractivity contribution in [3.63, 3.8) is 0 Å². The molecule has 1 nitrogen and oxygen atoms in total. The lowest BCUT2D eigenvalue weighted by atomic mass is 9.70. The maximum atomic E-state index is 6.66. The molecule has 1 spiro atoms. The van der Waals surface area contributed by atoms with Crippen LogP contribution >= 0.6 is 43.5 Å². The predicted molar refractivity (Wildman–Crippen MR) is 150 cm³/mol. The van der Waals surface area contributed by atoms with Crippen LogP contribution in [-0.2, 0) is 5.41 Å². The molecule has 35 heavy (non-hydrogen) atoms. The first kappa shape index (κ1) is 20.4. The molecule has 0 saturated carbocycles. The second kappa shape index (κ2) is 6.88. The second-order valence-corrected chi connectivity index (χ2v) is 11.5. The van der Waals surface area contributed by atoms with Gasteiger partial charge in [0.05, 0.1) is 5.41 Å². The summed E-state index contributed by atoms with van der Waals surface area (Å²) in [6.45, 7) is 0. The van der Waals surface area contributed by atoms with Crippen molar-refractivity contribution < 1.29 is 4.42 Å². The van der Waals surface area contributed by atoms with Crippen LogP contribution in [0.3, 0.4) is 0 Å². The van der Waals surface area contributed by atoms with Crippen LogP contribution in [0.1, 0.15) is 22.3 Å². The Labute approximate surface area is 223 Å². The topological polar surface area (TPSA) is 13.1 Å². The van der Waals surface area contributed by atoms with E-state index in [9.17, 15) is 0 Å². The summed E-state index contributed by atoms with van der Waals surface area (Å²) in [6, 6.07) is 32.2. The Morgan fingerprint density at radius 3 is 2.31 bits per heavy atom. The molecule has 4 heteroatoms. The Hall–Kier alpha value is -2.85. The van der Waals surface area contributed by atoms with E-state index in [-0.39, 0.29) is 0 Å². The Balaban J connectivity index is 1.65. The molecule has 2 aliphatic carbocycles. The van der Waals surface area contributed by atoms with Gasteiger partial charge in [-0.05, 0) is 75.3 Å². The number of hydrogen-bond acceptors (Lipinski definition) is 1. The summed E-state index contributed by atoms with van der Waals surface area (Å²) in [4.78, 5) is 0. The molecule has 0 saturated heterocycles. The zero-order valence-corrected chi connectivity index (χ0v) is 22.1. The molecule has 0 aliphatic heterocycles. The van der Waals surface area contributed by atoms with E-state index >= 15 is 0 Å². The molecule has 0 bridgehead atoms. The molecular formula is C31H15Br2ClO. The van der Waals surface area contributed by atoms with E-state index in [1.807, 2.05) is 18.2 Å². The third-order valence-corrected chi connectivity index (χ3v) is 9.02. The van der Waals surface area contributed by atoms with Crippen molar-refractivity contribution in [1.29, 1.82) is 0 Å². The van der Waals surface area contributed by atoms with E-state index in [1.165, 1.54) is 38.9 Å². The fourth-order valence-electron chi connectivity index (χ4n) is 6.44. The molecule has 0 radical (unpaired) electrons. The zero-order valence-electron chi connectivity index (χ0n) is 18.2. The van der Waals surface area contributed by atoms with Gasteiger partial charge >= 0.3 is 0 Å². The summed E-state index contributed by atoms with van der Waals surface area (Å²) >= 11 is 14.4. The Morgan fingerprint density at radius 2 is 1.40 bits per heavy atom. The number of para-hydroxylation sites is 1. The molecule has 0 fully saturated rings. The highest BCUT2D eigenvalue weighted by molar-refractivity contribution is 9.11. The van der Waals surface area contributed by atoms with Gasteiger partial charge in [0.15, 0.2) is 0 Å². The molecule has 0 N–H and O–H groups in total. The number of benzene rings is 5. The van der Waals surface area contributed by atoms with Crippen LogP contribution in [0.25, 0.3) is 44.2 Å². The smallest absolute Gasteiger partial charge is 0.144 e. The van der Waals surface area contributed by atoms with Crippen LogP contribution in [0.2, 0.25) is 5.02 Å². The Morgan fingerprint density at radius 1 is 0.657 bits per heavy atom. The van der Waals surface area contributed by atoms with Gasteiger partial charge in [-0.1, -0.05) is 98.1 Å². The van der Waals surface area contributed by atoms with Gasteiger partial charge in [0.2, 0.25) is 0 Å². The van der Waals surface area contributed by atoms with E-state index in [1.54, 1.807) is 0 Å². The van der Waals surface area contributed by atoms with Crippen molar-refractivity contribution in [2.45, 2.75) is 5.41 Å². The predicted octanol–water partition coefficient (Wildman–Crippen LogP) is 10.1. The maximum absolute atomic E-state index is 6.66. The van der Waals surface area contributed by atoms with Gasteiger partial charge in [-0.15, -0.1) is 0 Å². The molecule has 2 aliphatic rings. The number of halogens is 3. The van der Waals surface area contributed by atoms with Crippen molar-refractivity contribution in [3.05, 3.63) is 127 Å². The summed E-state index contributed by atoms with van der Waals surface area (Å²) in [5.41, 5.74) is 11.1. The molecule has 5 aromatic carbocycles. The Bertz CT molecular complexity index is 1900. The van der Waals surface area contributed by atoms with Gasteiger partial charge in [0.1, 0.15) is 11.2 Å². The van der Waals surface area contributed by atoms with E-state index in [2.05, 4.69) is 105 Å². The lowest BCUT2D eigenvalue weighted by Gasteiger charge is -2.30. The summed E-state index contributed by atoms with van der Waals surface area (Å²) in [7, 11) is 0. The van der Waals surface area contributed by atoms with Crippen molar-refractivity contribution in [3.8, 4) is 22.3 Å². The SMILES string of the molecule is Clc1ccc2c(c1)C1(c3ccccc3-2)c2cc(Br)ccc2-c2c1cc(Br)c1c2oc2ccccc21. The highest BCUT2D eigenvalue weighted by atomic mass is 79.9. The minimum Gasteiger partial charge on any atom is -0.455 e. The van der Waals surface area contributed by atoms with E-state index < -0.39 is 5.41 Å². The quantitative estimate of drug-likeness (QED) is 0.169. The van der Waals surface area contributed by atoms with Crippen LogP contribution in [0.4, 0.5) is 0 Å². The molecule has 166 valence electrons. The average Bonchev–Trinajstić information content (AvgIpc) is 3.48. The highest BCUT2D eigenvalue weighted by Gasteiger charge is 2.53. The molecule has 0 amide bonds.